The summed E-state index contributed by atoms with van der Waals surface area (Å²) < 4.78 is 31.4. The molecule has 1 unspecified atom stereocenters. The van der Waals surface area contributed by atoms with Crippen molar-refractivity contribution >= 4 is 43.4 Å². The van der Waals surface area contributed by atoms with Crippen LogP contribution in [-0.2, 0) is 28.2 Å². The molecule has 1 saturated carbocycles. The fourth-order valence-corrected chi connectivity index (χ4v) is 5.45. The van der Waals surface area contributed by atoms with E-state index in [1.807, 2.05) is 41.5 Å². The summed E-state index contributed by atoms with van der Waals surface area (Å²) in [7, 11) is -2.90. The van der Waals surface area contributed by atoms with Crippen LogP contribution in [-0.4, -0.2) is 62.9 Å². The normalized spacial score (nSPS) is 20.5. The molecule has 14 nitrogen and oxygen atoms in total. The molecular weight excluding hydrogens is 565 g/mol. The lowest BCUT2D eigenvalue weighted by Crippen LogP contribution is -2.38. The van der Waals surface area contributed by atoms with Gasteiger partial charge in [0.2, 0.25) is 5.95 Å². The van der Waals surface area contributed by atoms with Crippen LogP contribution in [0.25, 0.3) is 17.4 Å². The molecule has 1 aliphatic carbocycles. The summed E-state index contributed by atoms with van der Waals surface area (Å²) >= 11 is 0. The molecule has 0 bridgehead atoms. The molecule has 2 aromatic heterocycles. The molecule has 1 fully saturated rings. The number of carbonyl (C=O) groups is 2. The van der Waals surface area contributed by atoms with Gasteiger partial charge in [0, 0.05) is 6.20 Å². The van der Waals surface area contributed by atoms with Crippen LogP contribution in [0, 0.1) is 17.3 Å². The largest absolute Gasteiger partial charge is 0.463 e. The summed E-state index contributed by atoms with van der Waals surface area (Å²) in [5.41, 5.74) is 11.6. The number of anilines is 1. The van der Waals surface area contributed by atoms with Crippen LogP contribution >= 0.6 is 8.18 Å². The number of ether oxygens (including phenoxy) is 2. The van der Waals surface area contributed by atoms with Crippen LogP contribution in [0.4, 0.5) is 5.95 Å². The van der Waals surface area contributed by atoms with Gasteiger partial charge in [-0.2, -0.15) is 4.98 Å². The van der Waals surface area contributed by atoms with Crippen LogP contribution in [0.2, 0.25) is 0 Å². The first-order chi connectivity index (χ1) is 19.8. The standard InChI is InChI=1S/C27H44N7O7P/c1-7-8-17(6)41-24(36)19(9-15(2)3)33-42(38)40-13-27(12-39-25(37)20(28)16(4)5)10-18(27)11-34-14-30-21-22(34)31-26(29)32-23(21)35/h11,14-17,19-20,42H,7-10,12-13,28H2,1-6H3,(H,33,38)(H3,29,31,32,35)/b18-11-/t17-,19-,20+,27-/m0/s1. The van der Waals surface area contributed by atoms with E-state index in [1.54, 1.807) is 10.8 Å². The number of esters is 2. The van der Waals surface area contributed by atoms with Crippen LogP contribution in [0.3, 0.4) is 0 Å². The highest BCUT2D eigenvalue weighted by atomic mass is 31.1. The van der Waals surface area contributed by atoms with E-state index in [4.69, 9.17) is 25.5 Å². The zero-order valence-corrected chi connectivity index (χ0v) is 26.1. The number of fused-ring (bicyclic) bond motifs is 1. The predicted molar refractivity (Wildman–Crippen MR) is 159 cm³/mol. The number of hydrogen-bond donors (Lipinski definition) is 4. The maximum absolute atomic E-state index is 13.1. The third kappa shape index (κ3) is 8.73. The molecule has 234 valence electrons. The van der Waals surface area contributed by atoms with Crippen molar-refractivity contribution in [3.05, 3.63) is 22.3 Å². The number of aromatic amines is 1. The first kappa shape index (κ1) is 33.4. The molecule has 1 aliphatic rings. The Morgan fingerprint density at radius 1 is 1.24 bits per heavy atom. The fourth-order valence-electron chi connectivity index (χ4n) is 4.43. The van der Waals surface area contributed by atoms with Gasteiger partial charge in [-0.1, -0.05) is 41.0 Å². The Morgan fingerprint density at radius 3 is 2.60 bits per heavy atom. The first-order valence-corrected chi connectivity index (χ1v) is 15.6. The molecule has 6 N–H and O–H groups in total. The molecular formula is C27H44N7O7P. The summed E-state index contributed by atoms with van der Waals surface area (Å²) in [6.45, 7) is 11.2. The zero-order chi connectivity index (χ0) is 31.2. The van der Waals surface area contributed by atoms with Gasteiger partial charge < -0.3 is 25.5 Å². The van der Waals surface area contributed by atoms with Gasteiger partial charge in [-0.3, -0.25) is 28.5 Å². The summed E-state index contributed by atoms with van der Waals surface area (Å²) in [4.78, 5) is 48.2. The van der Waals surface area contributed by atoms with Crippen molar-refractivity contribution in [2.24, 2.45) is 23.0 Å². The van der Waals surface area contributed by atoms with Crippen molar-refractivity contribution in [2.45, 2.75) is 85.4 Å². The lowest BCUT2D eigenvalue weighted by atomic mass is 10.0. The molecule has 0 amide bonds. The van der Waals surface area contributed by atoms with Crippen molar-refractivity contribution in [1.82, 2.24) is 24.6 Å². The molecule has 2 aromatic rings. The molecule has 0 saturated heterocycles. The first-order valence-electron chi connectivity index (χ1n) is 14.3. The lowest BCUT2D eigenvalue weighted by molar-refractivity contribution is -0.151. The van der Waals surface area contributed by atoms with E-state index in [1.165, 1.54) is 6.33 Å². The van der Waals surface area contributed by atoms with Crippen molar-refractivity contribution in [1.29, 1.82) is 0 Å². The minimum absolute atomic E-state index is 0.0575. The number of nitrogens with two attached hydrogens (primary N) is 2. The minimum Gasteiger partial charge on any atom is -0.463 e. The van der Waals surface area contributed by atoms with Gasteiger partial charge in [0.1, 0.15) is 25.0 Å². The summed E-state index contributed by atoms with van der Waals surface area (Å²) in [6, 6.07) is -1.60. The van der Waals surface area contributed by atoms with E-state index < -0.39 is 43.2 Å². The summed E-state index contributed by atoms with van der Waals surface area (Å²) in [5.74, 6) is -1.07. The zero-order valence-electron chi connectivity index (χ0n) is 25.1. The Bertz CT molecular complexity index is 1370. The third-order valence-corrected chi connectivity index (χ3v) is 8.08. The second kappa shape index (κ2) is 14.4. The van der Waals surface area contributed by atoms with Crippen LogP contribution in [0.15, 0.2) is 16.7 Å². The third-order valence-electron chi connectivity index (χ3n) is 7.09. The number of H-pyrrole nitrogens is 1. The molecule has 42 heavy (non-hydrogen) atoms. The summed E-state index contributed by atoms with van der Waals surface area (Å²) in [5, 5.41) is 2.82. The summed E-state index contributed by atoms with van der Waals surface area (Å²) in [6.07, 6.45) is 5.34. The van der Waals surface area contributed by atoms with E-state index >= 15 is 0 Å². The maximum Gasteiger partial charge on any atom is 0.323 e. The van der Waals surface area contributed by atoms with Gasteiger partial charge in [-0.05, 0) is 43.6 Å². The van der Waals surface area contributed by atoms with Crippen LogP contribution in [0.1, 0.15) is 67.2 Å². The van der Waals surface area contributed by atoms with Crippen molar-refractivity contribution < 1.29 is 28.2 Å². The van der Waals surface area contributed by atoms with E-state index in [9.17, 15) is 18.9 Å². The minimum atomic E-state index is -2.90. The monoisotopic (exact) mass is 609 g/mol. The smallest absolute Gasteiger partial charge is 0.323 e. The maximum atomic E-state index is 13.1. The van der Waals surface area contributed by atoms with Gasteiger partial charge in [0.25, 0.3) is 13.7 Å². The second-order valence-electron chi connectivity index (χ2n) is 11.7. The molecule has 3 rings (SSSR count). The molecule has 0 aliphatic heterocycles. The van der Waals surface area contributed by atoms with Gasteiger partial charge in [0.05, 0.1) is 18.1 Å². The Labute approximate surface area is 245 Å². The number of hydrogen-bond acceptors (Lipinski definition) is 11. The van der Waals surface area contributed by atoms with Gasteiger partial charge in [-0.15, -0.1) is 0 Å². The van der Waals surface area contributed by atoms with Gasteiger partial charge in [-0.25, -0.2) is 10.1 Å². The average molecular weight is 610 g/mol. The van der Waals surface area contributed by atoms with Gasteiger partial charge >= 0.3 is 11.9 Å². The van der Waals surface area contributed by atoms with Gasteiger partial charge in [0.15, 0.2) is 11.2 Å². The Morgan fingerprint density at radius 2 is 1.95 bits per heavy atom. The lowest BCUT2D eigenvalue weighted by Gasteiger charge is -2.22. The Balaban J connectivity index is 1.77. The highest BCUT2D eigenvalue weighted by Gasteiger charge is 2.51. The molecule has 0 aromatic carbocycles. The number of rotatable bonds is 16. The molecule has 0 radical (unpaired) electrons. The van der Waals surface area contributed by atoms with Crippen molar-refractivity contribution in [3.8, 4) is 0 Å². The van der Waals surface area contributed by atoms with Crippen molar-refractivity contribution in [3.63, 3.8) is 0 Å². The quantitative estimate of drug-likeness (QED) is 0.160. The number of aromatic nitrogens is 4. The van der Waals surface area contributed by atoms with E-state index in [0.717, 1.165) is 18.4 Å². The highest BCUT2D eigenvalue weighted by Crippen LogP contribution is 2.54. The van der Waals surface area contributed by atoms with Crippen LogP contribution in [0.5, 0.6) is 0 Å². The number of carbonyl (C=O) groups excluding carboxylic acids is 2. The topological polar surface area (TPSA) is 207 Å². The molecule has 2 heterocycles. The SMILES string of the molecule is CCC[C@H](C)OC(=O)[C@H](CC(C)C)N[PH](=O)OC[C@@]1(COC(=O)[C@H](N)C(C)C)C/C1=C/n1cnc2c(=O)[nH]c(N)nc21. The van der Waals surface area contributed by atoms with Crippen LogP contribution < -0.4 is 22.1 Å². The number of nitrogens with one attached hydrogen (secondary N) is 2. The average Bonchev–Trinajstić information content (AvgIpc) is 3.43. The second-order valence-corrected chi connectivity index (χ2v) is 12.9. The highest BCUT2D eigenvalue weighted by molar-refractivity contribution is 7.36. The molecule has 15 heteroatoms. The Hall–Kier alpha value is -3.06. The van der Waals surface area contributed by atoms with Crippen molar-refractivity contribution in [2.75, 3.05) is 18.9 Å². The number of nitrogen functional groups attached to an aromatic ring is 1. The Kier molecular flexibility index (Phi) is 11.5. The molecule has 0 spiro atoms. The van der Waals surface area contributed by atoms with E-state index in [2.05, 4.69) is 20.0 Å². The number of nitrogens with zero attached hydrogens (tertiary/aromatic N) is 3. The van der Waals surface area contributed by atoms with E-state index in [-0.39, 0.29) is 48.3 Å². The number of imidazole rings is 1. The fraction of sp³-hybridized carbons (Fsp3) is 0.667. The predicted octanol–water partition coefficient (Wildman–Crippen LogP) is 2.60. The molecule has 5 atom stereocenters. The van der Waals surface area contributed by atoms with E-state index in [0.29, 0.717) is 12.8 Å².